The van der Waals surface area contributed by atoms with Crippen LogP contribution in [0.25, 0.3) is 0 Å². The molecule has 0 aliphatic carbocycles. The van der Waals surface area contributed by atoms with Gasteiger partial charge in [-0.25, -0.2) is 9.97 Å². The highest BCUT2D eigenvalue weighted by Gasteiger charge is 2.13. The molecule has 1 N–H and O–H groups in total. The van der Waals surface area contributed by atoms with Crippen LogP contribution >= 0.6 is 11.8 Å². The van der Waals surface area contributed by atoms with E-state index >= 15 is 0 Å². The van der Waals surface area contributed by atoms with Crippen LogP contribution in [0.15, 0.2) is 29.4 Å². The smallest absolute Gasteiger partial charge is 0.306 e. The van der Waals surface area contributed by atoms with E-state index in [-0.39, 0.29) is 18.9 Å². The van der Waals surface area contributed by atoms with Gasteiger partial charge in [0.1, 0.15) is 0 Å². The first-order valence-electron chi connectivity index (χ1n) is 9.77. The lowest BCUT2D eigenvalue weighted by Gasteiger charge is -2.11. The molecule has 0 radical (unpaired) electrons. The van der Waals surface area contributed by atoms with Gasteiger partial charge in [0.05, 0.1) is 0 Å². The second-order valence-corrected chi connectivity index (χ2v) is 7.77. The second kappa shape index (κ2) is 11.0. The van der Waals surface area contributed by atoms with Crippen molar-refractivity contribution in [1.82, 2.24) is 9.97 Å². The monoisotopic (exact) mass is 415 g/mol. The number of hydrogen-bond donors (Lipinski definition) is 1. The number of anilines is 1. The minimum Gasteiger partial charge on any atom is -0.456 e. The van der Waals surface area contributed by atoms with Gasteiger partial charge in [0.15, 0.2) is 11.8 Å². The topological polar surface area (TPSA) is 81.2 Å². The molecule has 0 saturated carbocycles. The molecule has 0 unspecified atom stereocenters. The zero-order valence-electron chi connectivity index (χ0n) is 17.7. The van der Waals surface area contributed by atoms with E-state index in [1.165, 1.54) is 17.3 Å². The zero-order valence-corrected chi connectivity index (χ0v) is 18.6. The molecule has 0 aliphatic rings. The maximum atomic E-state index is 12.0. The van der Waals surface area contributed by atoms with Crippen molar-refractivity contribution in [3.63, 3.8) is 0 Å². The molecule has 6 nitrogen and oxygen atoms in total. The molecular formula is C22H29N3O3S. The summed E-state index contributed by atoms with van der Waals surface area (Å²) in [5, 5.41) is 3.47. The van der Waals surface area contributed by atoms with E-state index in [9.17, 15) is 9.59 Å². The predicted octanol–water partition coefficient (Wildman–Crippen LogP) is 4.44. The van der Waals surface area contributed by atoms with Gasteiger partial charge in [-0.3, -0.25) is 9.59 Å². The molecule has 0 bridgehead atoms. The Morgan fingerprint density at radius 2 is 1.76 bits per heavy atom. The van der Waals surface area contributed by atoms with E-state index in [1.807, 2.05) is 44.4 Å². The highest BCUT2D eigenvalue weighted by molar-refractivity contribution is 7.98. The Morgan fingerprint density at radius 3 is 2.31 bits per heavy atom. The standard InChI is InChI=1S/C22H29N3O3S/c1-6-14(2)17-7-9-18(10-8-17)25-20(26)13-28-21(27)12-11-19-15(3)23-22(29-5)24-16(19)4/h7-10,14H,6,11-13H2,1-5H3,(H,25,26)/t14-/m0/s1. The molecule has 1 aromatic heterocycles. The van der Waals surface area contributed by atoms with Crippen molar-refractivity contribution in [1.29, 1.82) is 0 Å². The van der Waals surface area contributed by atoms with Crippen molar-refractivity contribution < 1.29 is 14.3 Å². The number of thioether (sulfide) groups is 1. The number of carbonyl (C=O) groups excluding carboxylic acids is 2. The number of nitrogens with one attached hydrogen (secondary N) is 1. The molecule has 0 fully saturated rings. The first-order chi connectivity index (χ1) is 13.8. The lowest BCUT2D eigenvalue weighted by molar-refractivity contribution is -0.147. The fourth-order valence-electron chi connectivity index (χ4n) is 2.93. The Labute approximate surface area is 176 Å². The number of esters is 1. The molecule has 156 valence electrons. The molecule has 0 aliphatic heterocycles. The molecule has 1 heterocycles. The van der Waals surface area contributed by atoms with Gasteiger partial charge in [0.25, 0.3) is 5.91 Å². The number of benzene rings is 1. The summed E-state index contributed by atoms with van der Waals surface area (Å²) in [6, 6.07) is 7.74. The lowest BCUT2D eigenvalue weighted by Crippen LogP contribution is -2.21. The summed E-state index contributed by atoms with van der Waals surface area (Å²) in [4.78, 5) is 32.9. The molecule has 2 rings (SSSR count). The minimum absolute atomic E-state index is 0.181. The molecule has 0 spiro atoms. The van der Waals surface area contributed by atoms with Gasteiger partial charge >= 0.3 is 5.97 Å². The predicted molar refractivity (Wildman–Crippen MR) is 116 cm³/mol. The number of nitrogens with zero attached hydrogens (tertiary/aromatic N) is 2. The third kappa shape index (κ3) is 6.85. The number of carbonyl (C=O) groups is 2. The summed E-state index contributed by atoms with van der Waals surface area (Å²) >= 11 is 1.49. The number of hydrogen-bond acceptors (Lipinski definition) is 6. The fourth-order valence-corrected chi connectivity index (χ4v) is 3.39. The molecule has 7 heteroatoms. The Kier molecular flexibility index (Phi) is 8.64. The van der Waals surface area contributed by atoms with E-state index in [4.69, 9.17) is 4.74 Å². The summed E-state index contributed by atoms with van der Waals surface area (Å²) in [6.07, 6.45) is 3.66. The van der Waals surface area contributed by atoms with Crippen molar-refractivity contribution in [3.05, 3.63) is 46.8 Å². The SMILES string of the molecule is CC[C@H](C)c1ccc(NC(=O)COC(=O)CCc2c(C)nc(SC)nc2C)cc1. The molecule has 1 atom stereocenters. The number of rotatable bonds is 9. The van der Waals surface area contributed by atoms with Crippen LogP contribution in [0.2, 0.25) is 0 Å². The van der Waals surface area contributed by atoms with Crippen LogP contribution in [0.5, 0.6) is 0 Å². The van der Waals surface area contributed by atoms with Gasteiger partial charge < -0.3 is 10.1 Å². The molecule has 29 heavy (non-hydrogen) atoms. The van der Waals surface area contributed by atoms with Crippen molar-refractivity contribution in [2.45, 2.75) is 58.0 Å². The minimum atomic E-state index is -0.417. The quantitative estimate of drug-likeness (QED) is 0.370. The first kappa shape index (κ1) is 22.9. The molecule has 0 saturated heterocycles. The van der Waals surface area contributed by atoms with Crippen molar-refractivity contribution in [2.75, 3.05) is 18.2 Å². The largest absolute Gasteiger partial charge is 0.456 e. The van der Waals surface area contributed by atoms with Crippen LogP contribution in [0.3, 0.4) is 0 Å². The van der Waals surface area contributed by atoms with Gasteiger partial charge in [-0.05, 0) is 62.1 Å². The highest BCUT2D eigenvalue weighted by atomic mass is 32.2. The van der Waals surface area contributed by atoms with Crippen LogP contribution in [0.1, 0.15) is 55.1 Å². The highest BCUT2D eigenvalue weighted by Crippen LogP contribution is 2.20. The zero-order chi connectivity index (χ0) is 21.4. The summed E-state index contributed by atoms with van der Waals surface area (Å²) in [7, 11) is 0. The summed E-state index contributed by atoms with van der Waals surface area (Å²) in [5.41, 5.74) is 4.61. The van der Waals surface area contributed by atoms with Crippen molar-refractivity contribution in [2.24, 2.45) is 0 Å². The number of aromatic nitrogens is 2. The molecule has 1 amide bonds. The Morgan fingerprint density at radius 1 is 1.14 bits per heavy atom. The lowest BCUT2D eigenvalue weighted by atomic mass is 9.99. The third-order valence-electron chi connectivity index (χ3n) is 4.90. The number of amides is 1. The number of aryl methyl sites for hydroxylation is 2. The fraction of sp³-hybridized carbons (Fsp3) is 0.455. The van der Waals surface area contributed by atoms with E-state index in [0.717, 1.165) is 28.5 Å². The van der Waals surface area contributed by atoms with Gasteiger partial charge in [0.2, 0.25) is 0 Å². The van der Waals surface area contributed by atoms with E-state index in [0.29, 0.717) is 18.0 Å². The molecule has 1 aromatic carbocycles. The van der Waals surface area contributed by atoms with Crippen LogP contribution in [-0.4, -0.2) is 34.7 Å². The van der Waals surface area contributed by atoms with Gasteiger partial charge in [-0.2, -0.15) is 0 Å². The normalized spacial score (nSPS) is 11.8. The van der Waals surface area contributed by atoms with Crippen LogP contribution in [0.4, 0.5) is 5.69 Å². The summed E-state index contributed by atoms with van der Waals surface area (Å²) < 4.78 is 5.11. The second-order valence-electron chi connectivity index (χ2n) is 7.00. The first-order valence-corrected chi connectivity index (χ1v) is 11.0. The Hall–Kier alpha value is -2.41. The average Bonchev–Trinajstić information content (AvgIpc) is 2.71. The van der Waals surface area contributed by atoms with Gasteiger partial charge in [0, 0.05) is 23.5 Å². The maximum absolute atomic E-state index is 12.0. The van der Waals surface area contributed by atoms with Gasteiger partial charge in [-0.15, -0.1) is 0 Å². The maximum Gasteiger partial charge on any atom is 0.306 e. The van der Waals surface area contributed by atoms with Crippen LogP contribution < -0.4 is 5.32 Å². The summed E-state index contributed by atoms with van der Waals surface area (Å²) in [6.45, 7) is 7.83. The Balaban J connectivity index is 1.80. The van der Waals surface area contributed by atoms with E-state index in [1.54, 1.807) is 0 Å². The van der Waals surface area contributed by atoms with Crippen molar-refractivity contribution >= 4 is 29.3 Å². The third-order valence-corrected chi connectivity index (χ3v) is 5.45. The average molecular weight is 416 g/mol. The van der Waals surface area contributed by atoms with Crippen LogP contribution in [0, 0.1) is 13.8 Å². The molecule has 2 aromatic rings. The van der Waals surface area contributed by atoms with Crippen LogP contribution in [-0.2, 0) is 20.7 Å². The van der Waals surface area contributed by atoms with E-state index < -0.39 is 5.97 Å². The van der Waals surface area contributed by atoms with Crippen molar-refractivity contribution in [3.8, 4) is 0 Å². The number of ether oxygens (including phenoxy) is 1. The van der Waals surface area contributed by atoms with E-state index in [2.05, 4.69) is 29.1 Å². The van der Waals surface area contributed by atoms with Gasteiger partial charge in [-0.1, -0.05) is 37.7 Å². The molecular weight excluding hydrogens is 386 g/mol. The Bertz CT molecular complexity index is 830. The summed E-state index contributed by atoms with van der Waals surface area (Å²) in [5.74, 6) is -0.287.